The number of hydrogen-bond donors (Lipinski definition) is 2. The van der Waals surface area contributed by atoms with Gasteiger partial charge in [0, 0.05) is 13.0 Å². The average molecular weight is 259 g/mol. The van der Waals surface area contributed by atoms with Crippen LogP contribution in [0.2, 0.25) is 0 Å². The first-order chi connectivity index (χ1) is 9.10. The summed E-state index contributed by atoms with van der Waals surface area (Å²) in [6, 6.07) is 7.08. The Morgan fingerprint density at radius 3 is 3.00 bits per heavy atom. The number of anilines is 2. The van der Waals surface area contributed by atoms with Crippen LogP contribution in [-0.4, -0.2) is 30.1 Å². The lowest BCUT2D eigenvalue weighted by Crippen LogP contribution is -2.38. The van der Waals surface area contributed by atoms with E-state index < -0.39 is 5.97 Å². The van der Waals surface area contributed by atoms with Gasteiger partial charge in [-0.1, -0.05) is 0 Å². The number of nitriles is 1. The molecule has 6 heteroatoms. The molecular weight excluding hydrogens is 246 g/mol. The summed E-state index contributed by atoms with van der Waals surface area (Å²) in [6.07, 6.45) is 0.518. The van der Waals surface area contributed by atoms with Gasteiger partial charge in [0.2, 0.25) is 5.91 Å². The Balaban J connectivity index is 2.19. The van der Waals surface area contributed by atoms with Crippen LogP contribution in [0.3, 0.4) is 0 Å². The van der Waals surface area contributed by atoms with Gasteiger partial charge in [0.05, 0.1) is 29.6 Å². The highest BCUT2D eigenvalue weighted by atomic mass is 16.4. The molecule has 0 bridgehead atoms. The number of nitrogens with one attached hydrogen (secondary N) is 1. The van der Waals surface area contributed by atoms with E-state index in [0.29, 0.717) is 24.2 Å². The maximum Gasteiger partial charge on any atom is 0.303 e. The smallest absolute Gasteiger partial charge is 0.303 e. The summed E-state index contributed by atoms with van der Waals surface area (Å²) in [6.45, 7) is 0.656. The van der Waals surface area contributed by atoms with E-state index in [-0.39, 0.29) is 18.9 Å². The highest BCUT2D eigenvalue weighted by Crippen LogP contribution is 2.30. The molecule has 19 heavy (non-hydrogen) atoms. The Kier molecular flexibility index (Phi) is 3.66. The Labute approximate surface area is 110 Å². The monoisotopic (exact) mass is 259 g/mol. The highest BCUT2D eigenvalue weighted by molar-refractivity contribution is 6.01. The van der Waals surface area contributed by atoms with Crippen molar-refractivity contribution in [3.8, 4) is 6.07 Å². The normalized spacial score (nSPS) is 13.4. The molecule has 0 atom stereocenters. The molecule has 1 aliphatic heterocycles. The molecule has 1 aromatic carbocycles. The predicted octanol–water partition coefficient (Wildman–Crippen LogP) is 1.18. The summed E-state index contributed by atoms with van der Waals surface area (Å²) in [5.41, 5.74) is 1.94. The van der Waals surface area contributed by atoms with Crippen molar-refractivity contribution in [1.29, 1.82) is 5.26 Å². The van der Waals surface area contributed by atoms with E-state index in [1.807, 2.05) is 6.07 Å². The maximum absolute atomic E-state index is 11.6. The second-order valence-corrected chi connectivity index (χ2v) is 4.31. The van der Waals surface area contributed by atoms with E-state index in [1.165, 1.54) is 0 Å². The molecule has 0 unspecified atom stereocenters. The Bertz CT molecular complexity index is 563. The van der Waals surface area contributed by atoms with Gasteiger partial charge in [-0.15, -0.1) is 0 Å². The van der Waals surface area contributed by atoms with Crippen LogP contribution in [0.25, 0.3) is 0 Å². The molecule has 0 aromatic heterocycles. The minimum atomic E-state index is -0.854. The molecule has 1 aliphatic rings. The van der Waals surface area contributed by atoms with Crippen LogP contribution >= 0.6 is 0 Å². The van der Waals surface area contributed by atoms with Crippen molar-refractivity contribution < 1.29 is 14.7 Å². The van der Waals surface area contributed by atoms with Crippen molar-refractivity contribution in [2.75, 3.05) is 23.3 Å². The Hall–Kier alpha value is -2.55. The molecule has 0 fully saturated rings. The number of nitrogens with zero attached hydrogens (tertiary/aromatic N) is 2. The van der Waals surface area contributed by atoms with E-state index in [2.05, 4.69) is 5.32 Å². The van der Waals surface area contributed by atoms with E-state index in [1.54, 1.807) is 23.1 Å². The van der Waals surface area contributed by atoms with E-state index in [4.69, 9.17) is 10.4 Å². The summed E-state index contributed by atoms with van der Waals surface area (Å²) in [5, 5.41) is 20.3. The standard InChI is InChI=1S/C13H13N3O3/c14-7-9-3-4-10-11(6-9)16(8-12(17)15-10)5-1-2-13(18)19/h3-4,6H,1-2,5,8H2,(H,15,17)(H,18,19). The lowest BCUT2D eigenvalue weighted by Gasteiger charge is -2.30. The molecule has 0 spiro atoms. The Morgan fingerprint density at radius 2 is 2.32 bits per heavy atom. The molecule has 1 amide bonds. The van der Waals surface area contributed by atoms with E-state index in [9.17, 15) is 9.59 Å². The molecule has 6 nitrogen and oxygen atoms in total. The number of carbonyl (C=O) groups excluding carboxylic acids is 1. The summed E-state index contributed by atoms with van der Waals surface area (Å²) in [4.78, 5) is 23.9. The van der Waals surface area contributed by atoms with Gasteiger partial charge in [0.1, 0.15) is 0 Å². The van der Waals surface area contributed by atoms with Crippen LogP contribution < -0.4 is 10.2 Å². The molecule has 0 saturated carbocycles. The zero-order valence-corrected chi connectivity index (χ0v) is 10.2. The van der Waals surface area contributed by atoms with Gasteiger partial charge in [-0.3, -0.25) is 9.59 Å². The number of carbonyl (C=O) groups is 2. The van der Waals surface area contributed by atoms with Crippen molar-refractivity contribution in [3.63, 3.8) is 0 Å². The van der Waals surface area contributed by atoms with Crippen molar-refractivity contribution >= 4 is 23.3 Å². The third kappa shape index (κ3) is 3.01. The lowest BCUT2D eigenvalue weighted by atomic mass is 10.1. The number of hydrogen-bond acceptors (Lipinski definition) is 4. The van der Waals surface area contributed by atoms with Crippen LogP contribution in [0, 0.1) is 11.3 Å². The van der Waals surface area contributed by atoms with Gasteiger partial charge < -0.3 is 15.3 Å². The number of carboxylic acids is 1. The fraction of sp³-hybridized carbons (Fsp3) is 0.308. The fourth-order valence-corrected chi connectivity index (χ4v) is 2.04. The minimum Gasteiger partial charge on any atom is -0.481 e. The average Bonchev–Trinajstić information content (AvgIpc) is 2.37. The first-order valence-corrected chi connectivity index (χ1v) is 5.91. The van der Waals surface area contributed by atoms with Crippen molar-refractivity contribution in [2.24, 2.45) is 0 Å². The number of aliphatic carboxylic acids is 1. The van der Waals surface area contributed by atoms with Gasteiger partial charge >= 0.3 is 5.97 Å². The molecule has 1 heterocycles. The number of benzene rings is 1. The first-order valence-electron chi connectivity index (χ1n) is 5.91. The second-order valence-electron chi connectivity index (χ2n) is 4.31. The quantitative estimate of drug-likeness (QED) is 0.846. The number of rotatable bonds is 4. The van der Waals surface area contributed by atoms with Gasteiger partial charge in [-0.25, -0.2) is 0 Å². The molecule has 0 aliphatic carbocycles. The van der Waals surface area contributed by atoms with Crippen molar-refractivity contribution in [2.45, 2.75) is 12.8 Å². The molecule has 0 radical (unpaired) electrons. The topological polar surface area (TPSA) is 93.4 Å². The summed E-state index contributed by atoms with van der Waals surface area (Å²) >= 11 is 0. The van der Waals surface area contributed by atoms with Crippen LogP contribution in [-0.2, 0) is 9.59 Å². The number of fused-ring (bicyclic) bond motifs is 1. The summed E-state index contributed by atoms with van der Waals surface area (Å²) in [5.74, 6) is -0.986. The van der Waals surface area contributed by atoms with Gasteiger partial charge in [0.15, 0.2) is 0 Å². The molecule has 1 aromatic rings. The fourth-order valence-electron chi connectivity index (χ4n) is 2.04. The minimum absolute atomic E-state index is 0.0609. The molecule has 2 N–H and O–H groups in total. The van der Waals surface area contributed by atoms with Crippen LogP contribution in [0.4, 0.5) is 11.4 Å². The summed E-state index contributed by atoms with van der Waals surface area (Å²) in [7, 11) is 0. The van der Waals surface area contributed by atoms with Gasteiger partial charge in [-0.05, 0) is 24.6 Å². The van der Waals surface area contributed by atoms with Gasteiger partial charge in [0.25, 0.3) is 0 Å². The van der Waals surface area contributed by atoms with Crippen molar-refractivity contribution in [3.05, 3.63) is 23.8 Å². The Morgan fingerprint density at radius 1 is 1.53 bits per heavy atom. The second kappa shape index (κ2) is 5.40. The predicted molar refractivity (Wildman–Crippen MR) is 68.9 cm³/mol. The van der Waals surface area contributed by atoms with Crippen LogP contribution in [0.1, 0.15) is 18.4 Å². The zero-order valence-electron chi connectivity index (χ0n) is 10.2. The number of carboxylic acid groups (broad SMARTS) is 1. The van der Waals surface area contributed by atoms with Crippen molar-refractivity contribution in [1.82, 2.24) is 0 Å². The molecular formula is C13H13N3O3. The molecule has 0 saturated heterocycles. The lowest BCUT2D eigenvalue weighted by molar-refractivity contribution is -0.137. The number of amides is 1. The zero-order chi connectivity index (χ0) is 13.8. The SMILES string of the molecule is N#Cc1ccc2c(c1)N(CCCC(=O)O)CC(=O)N2. The molecule has 2 rings (SSSR count). The van der Waals surface area contributed by atoms with Gasteiger partial charge in [-0.2, -0.15) is 5.26 Å². The third-order valence-corrected chi connectivity index (χ3v) is 2.89. The maximum atomic E-state index is 11.6. The van der Waals surface area contributed by atoms with Crippen LogP contribution in [0.15, 0.2) is 18.2 Å². The van der Waals surface area contributed by atoms with E-state index in [0.717, 1.165) is 5.69 Å². The van der Waals surface area contributed by atoms with E-state index >= 15 is 0 Å². The molecule has 98 valence electrons. The summed E-state index contributed by atoms with van der Waals surface area (Å²) < 4.78 is 0. The largest absolute Gasteiger partial charge is 0.481 e. The third-order valence-electron chi connectivity index (χ3n) is 2.89. The van der Waals surface area contributed by atoms with Crippen LogP contribution in [0.5, 0.6) is 0 Å². The highest BCUT2D eigenvalue weighted by Gasteiger charge is 2.22. The first kappa shape index (κ1) is 12.9.